The van der Waals surface area contributed by atoms with Gasteiger partial charge in [0.2, 0.25) is 5.82 Å². The normalized spacial score (nSPS) is 25.9. The van der Waals surface area contributed by atoms with Gasteiger partial charge in [-0.1, -0.05) is 5.21 Å². The van der Waals surface area contributed by atoms with E-state index in [9.17, 15) is 0 Å². The van der Waals surface area contributed by atoms with Crippen molar-refractivity contribution in [2.24, 2.45) is 0 Å². The lowest BCUT2D eigenvalue weighted by Crippen LogP contribution is -2.35. The van der Waals surface area contributed by atoms with Gasteiger partial charge in [0.15, 0.2) is 0 Å². The van der Waals surface area contributed by atoms with Crippen LogP contribution < -0.4 is 0 Å². The summed E-state index contributed by atoms with van der Waals surface area (Å²) in [5, 5.41) is 13.7. The van der Waals surface area contributed by atoms with Crippen LogP contribution in [-0.2, 0) is 4.74 Å². The number of likely N-dealkylation sites (N-methyl/N-ethyl adjacent to an activating group) is 1. The molecule has 2 heterocycles. The SMILES string of the molecule is CN1CCOC(c2nn[nH]n2)C1. The number of hydrogen-bond donors (Lipinski definition) is 1. The van der Waals surface area contributed by atoms with E-state index in [2.05, 4.69) is 32.6 Å². The second-order valence-corrected chi connectivity index (χ2v) is 2.89. The zero-order valence-corrected chi connectivity index (χ0v) is 6.90. The van der Waals surface area contributed by atoms with E-state index in [-0.39, 0.29) is 6.10 Å². The van der Waals surface area contributed by atoms with E-state index in [0.717, 1.165) is 19.7 Å². The molecule has 0 bridgehead atoms. The number of H-pyrrole nitrogens is 1. The first-order valence-electron chi connectivity index (χ1n) is 3.90. The molecule has 0 aliphatic carbocycles. The van der Waals surface area contributed by atoms with E-state index in [1.54, 1.807) is 0 Å². The molecular weight excluding hydrogens is 158 g/mol. The molecule has 0 spiro atoms. The third kappa shape index (κ3) is 1.44. The highest BCUT2D eigenvalue weighted by Crippen LogP contribution is 2.16. The van der Waals surface area contributed by atoms with Crippen molar-refractivity contribution in [1.82, 2.24) is 25.5 Å². The van der Waals surface area contributed by atoms with Crippen LogP contribution in [0, 0.1) is 0 Å². The molecule has 1 fully saturated rings. The van der Waals surface area contributed by atoms with Gasteiger partial charge in [0.1, 0.15) is 6.10 Å². The second kappa shape index (κ2) is 3.16. The summed E-state index contributed by atoms with van der Waals surface area (Å²) in [6.45, 7) is 2.53. The van der Waals surface area contributed by atoms with Crippen molar-refractivity contribution in [3.63, 3.8) is 0 Å². The minimum Gasteiger partial charge on any atom is -0.367 e. The Morgan fingerprint density at radius 1 is 1.67 bits per heavy atom. The van der Waals surface area contributed by atoms with Gasteiger partial charge < -0.3 is 9.64 Å². The van der Waals surface area contributed by atoms with Gasteiger partial charge in [0.05, 0.1) is 6.61 Å². The van der Waals surface area contributed by atoms with E-state index < -0.39 is 0 Å². The first-order valence-corrected chi connectivity index (χ1v) is 3.90. The van der Waals surface area contributed by atoms with Crippen molar-refractivity contribution in [3.8, 4) is 0 Å². The molecule has 12 heavy (non-hydrogen) atoms. The van der Waals surface area contributed by atoms with E-state index in [1.807, 2.05) is 0 Å². The van der Waals surface area contributed by atoms with Gasteiger partial charge in [-0.25, -0.2) is 0 Å². The Balaban J connectivity index is 2.04. The van der Waals surface area contributed by atoms with Crippen LogP contribution in [0.3, 0.4) is 0 Å². The Morgan fingerprint density at radius 2 is 2.58 bits per heavy atom. The maximum absolute atomic E-state index is 5.47. The van der Waals surface area contributed by atoms with Crippen LogP contribution in [0.25, 0.3) is 0 Å². The lowest BCUT2D eigenvalue weighted by molar-refractivity contribution is -0.0254. The molecule has 6 heteroatoms. The van der Waals surface area contributed by atoms with Gasteiger partial charge >= 0.3 is 0 Å². The minimum absolute atomic E-state index is 0.0255. The van der Waals surface area contributed by atoms with Gasteiger partial charge in [-0.05, 0) is 7.05 Å². The highest BCUT2D eigenvalue weighted by Gasteiger charge is 2.22. The molecule has 1 aliphatic rings. The van der Waals surface area contributed by atoms with Crippen molar-refractivity contribution in [3.05, 3.63) is 5.82 Å². The quantitative estimate of drug-likeness (QED) is 0.596. The Labute approximate surface area is 69.9 Å². The summed E-state index contributed by atoms with van der Waals surface area (Å²) in [5.41, 5.74) is 0. The highest BCUT2D eigenvalue weighted by atomic mass is 16.5. The van der Waals surface area contributed by atoms with E-state index in [0.29, 0.717) is 5.82 Å². The Kier molecular flexibility index (Phi) is 2.01. The van der Waals surface area contributed by atoms with E-state index >= 15 is 0 Å². The van der Waals surface area contributed by atoms with Crippen LogP contribution in [0.5, 0.6) is 0 Å². The molecule has 0 saturated carbocycles. The predicted octanol–water partition coefficient (Wildman–Crippen LogP) is -0.797. The summed E-state index contributed by atoms with van der Waals surface area (Å²) in [4.78, 5) is 2.19. The topological polar surface area (TPSA) is 66.9 Å². The Bertz CT molecular complexity index is 236. The lowest BCUT2D eigenvalue weighted by Gasteiger charge is -2.27. The molecule has 0 radical (unpaired) electrons. The largest absolute Gasteiger partial charge is 0.367 e. The number of nitrogens with zero attached hydrogens (tertiary/aromatic N) is 4. The van der Waals surface area contributed by atoms with Crippen molar-refractivity contribution in [2.75, 3.05) is 26.7 Å². The van der Waals surface area contributed by atoms with Gasteiger partial charge in [0, 0.05) is 13.1 Å². The average molecular weight is 169 g/mol. The highest BCUT2D eigenvalue weighted by molar-refractivity contribution is 4.87. The Hall–Kier alpha value is -1.01. The number of nitrogens with one attached hydrogen (secondary N) is 1. The summed E-state index contributed by atoms with van der Waals surface area (Å²) in [6.07, 6.45) is -0.0255. The van der Waals surface area contributed by atoms with Crippen molar-refractivity contribution in [2.45, 2.75) is 6.10 Å². The molecule has 1 saturated heterocycles. The van der Waals surface area contributed by atoms with Gasteiger partial charge in [-0.15, -0.1) is 10.2 Å². The molecule has 6 nitrogen and oxygen atoms in total. The molecular formula is C6H11N5O. The lowest BCUT2D eigenvalue weighted by atomic mass is 10.3. The third-order valence-electron chi connectivity index (χ3n) is 1.92. The predicted molar refractivity (Wildman–Crippen MR) is 40.4 cm³/mol. The smallest absolute Gasteiger partial charge is 0.204 e. The maximum atomic E-state index is 5.47. The zero-order chi connectivity index (χ0) is 8.39. The summed E-state index contributed by atoms with van der Waals surface area (Å²) < 4.78 is 5.47. The third-order valence-corrected chi connectivity index (χ3v) is 1.92. The molecule has 2 rings (SSSR count). The fraction of sp³-hybridized carbons (Fsp3) is 0.833. The number of tetrazole rings is 1. The van der Waals surface area contributed by atoms with Crippen LogP contribution in [0.2, 0.25) is 0 Å². The van der Waals surface area contributed by atoms with Gasteiger partial charge in [-0.2, -0.15) is 5.21 Å². The molecule has 0 amide bonds. The molecule has 1 N–H and O–H groups in total. The summed E-state index contributed by atoms with van der Waals surface area (Å²) in [6, 6.07) is 0. The Morgan fingerprint density at radius 3 is 3.25 bits per heavy atom. The minimum atomic E-state index is -0.0255. The number of morpholine rings is 1. The van der Waals surface area contributed by atoms with E-state index in [4.69, 9.17) is 4.74 Å². The van der Waals surface area contributed by atoms with Crippen molar-refractivity contribution < 1.29 is 4.74 Å². The molecule has 1 aromatic heterocycles. The monoisotopic (exact) mass is 169 g/mol. The summed E-state index contributed by atoms with van der Waals surface area (Å²) >= 11 is 0. The summed E-state index contributed by atoms with van der Waals surface area (Å²) in [5.74, 6) is 0.640. The number of aromatic nitrogens is 4. The first kappa shape index (κ1) is 7.63. The maximum Gasteiger partial charge on any atom is 0.204 e. The molecule has 1 aliphatic heterocycles. The van der Waals surface area contributed by atoms with Crippen LogP contribution in [0.1, 0.15) is 11.9 Å². The number of hydrogen-bond acceptors (Lipinski definition) is 5. The number of rotatable bonds is 1. The van der Waals surface area contributed by atoms with Gasteiger partial charge in [0.25, 0.3) is 0 Å². The number of ether oxygens (including phenoxy) is 1. The van der Waals surface area contributed by atoms with Crippen LogP contribution >= 0.6 is 0 Å². The number of aromatic amines is 1. The van der Waals surface area contributed by atoms with Crippen LogP contribution in [-0.4, -0.2) is 52.3 Å². The first-order chi connectivity index (χ1) is 5.86. The molecule has 66 valence electrons. The van der Waals surface area contributed by atoms with Gasteiger partial charge in [-0.3, -0.25) is 0 Å². The average Bonchev–Trinajstić information content (AvgIpc) is 2.56. The summed E-state index contributed by atoms with van der Waals surface area (Å²) in [7, 11) is 2.05. The molecule has 0 aromatic carbocycles. The van der Waals surface area contributed by atoms with Crippen LogP contribution in [0.15, 0.2) is 0 Å². The second-order valence-electron chi connectivity index (χ2n) is 2.89. The standard InChI is InChI=1S/C6H11N5O/c1-11-2-3-12-5(4-11)6-7-9-10-8-6/h5H,2-4H2,1H3,(H,7,8,9,10). The molecule has 1 unspecified atom stereocenters. The molecule has 1 atom stereocenters. The van der Waals surface area contributed by atoms with Crippen molar-refractivity contribution in [1.29, 1.82) is 0 Å². The zero-order valence-electron chi connectivity index (χ0n) is 6.90. The van der Waals surface area contributed by atoms with Crippen LogP contribution in [0.4, 0.5) is 0 Å². The molecule has 1 aromatic rings. The fourth-order valence-electron chi connectivity index (χ4n) is 1.24. The van der Waals surface area contributed by atoms with E-state index in [1.165, 1.54) is 0 Å². The fourth-order valence-corrected chi connectivity index (χ4v) is 1.24. The van der Waals surface area contributed by atoms with Crippen molar-refractivity contribution >= 4 is 0 Å².